The maximum Gasteiger partial charge on any atom is 0.411 e. The van der Waals surface area contributed by atoms with Gasteiger partial charge in [0, 0.05) is 27.2 Å². The van der Waals surface area contributed by atoms with Crippen molar-refractivity contribution in [2.75, 3.05) is 27.2 Å². The fourth-order valence-corrected chi connectivity index (χ4v) is 3.12. The van der Waals surface area contributed by atoms with Crippen molar-refractivity contribution in [3.63, 3.8) is 0 Å². The molecule has 2 heterocycles. The lowest BCUT2D eigenvalue weighted by Crippen LogP contribution is -2.43. The number of amides is 1. The van der Waals surface area contributed by atoms with Crippen LogP contribution < -0.4 is 4.72 Å². The summed E-state index contributed by atoms with van der Waals surface area (Å²) in [7, 11) is -1.04. The SMILES string of the molecule is C=C(C)c1cccc(C(NS(=O)(=O)N(C)C)OC(=O)N2CCCCC2)n1. The zero-order valence-corrected chi connectivity index (χ0v) is 16.3. The molecular formula is C17H26N4O4S. The van der Waals surface area contributed by atoms with E-state index in [0.717, 1.165) is 29.1 Å². The normalized spacial score (nSPS) is 16.4. The molecule has 0 aromatic carbocycles. The molecule has 1 aromatic rings. The topological polar surface area (TPSA) is 91.8 Å². The van der Waals surface area contributed by atoms with E-state index in [4.69, 9.17) is 4.74 Å². The van der Waals surface area contributed by atoms with Gasteiger partial charge in [0.15, 0.2) is 0 Å². The summed E-state index contributed by atoms with van der Waals surface area (Å²) in [6, 6.07) is 5.09. The van der Waals surface area contributed by atoms with Gasteiger partial charge in [-0.05, 0) is 43.9 Å². The van der Waals surface area contributed by atoms with Crippen molar-refractivity contribution in [1.29, 1.82) is 0 Å². The summed E-state index contributed by atoms with van der Waals surface area (Å²) in [6.07, 6.45) is 1.11. The Bertz CT molecular complexity index is 758. The van der Waals surface area contributed by atoms with E-state index in [1.54, 1.807) is 30.0 Å². The molecule has 9 heteroatoms. The largest absolute Gasteiger partial charge is 0.423 e. The van der Waals surface area contributed by atoms with Gasteiger partial charge in [0.2, 0.25) is 6.23 Å². The lowest BCUT2D eigenvalue weighted by Gasteiger charge is -2.28. The van der Waals surface area contributed by atoms with Crippen LogP contribution in [0.25, 0.3) is 5.57 Å². The van der Waals surface area contributed by atoms with E-state index < -0.39 is 22.5 Å². The molecule has 1 fully saturated rings. The van der Waals surface area contributed by atoms with Crippen LogP contribution in [0.5, 0.6) is 0 Å². The lowest BCUT2D eigenvalue weighted by atomic mass is 10.1. The number of carbonyl (C=O) groups is 1. The summed E-state index contributed by atoms with van der Waals surface area (Å²) in [5, 5.41) is 0. The van der Waals surface area contributed by atoms with Crippen LogP contribution in [-0.4, -0.2) is 55.9 Å². The first-order valence-corrected chi connectivity index (χ1v) is 9.93. The Kier molecular flexibility index (Phi) is 6.74. The quantitative estimate of drug-likeness (QED) is 0.761. The number of allylic oxidation sites excluding steroid dienone is 1. The number of carbonyl (C=O) groups excluding carboxylic acids is 1. The van der Waals surface area contributed by atoms with Gasteiger partial charge in [-0.15, -0.1) is 0 Å². The molecule has 0 aliphatic carbocycles. The summed E-state index contributed by atoms with van der Waals surface area (Å²) >= 11 is 0. The highest BCUT2D eigenvalue weighted by Crippen LogP contribution is 2.20. The molecule has 0 bridgehead atoms. The molecule has 1 aliphatic heterocycles. The molecular weight excluding hydrogens is 356 g/mol. The van der Waals surface area contributed by atoms with E-state index in [1.807, 2.05) is 0 Å². The Morgan fingerprint density at radius 3 is 2.54 bits per heavy atom. The van der Waals surface area contributed by atoms with Gasteiger partial charge in [-0.1, -0.05) is 12.6 Å². The zero-order valence-electron chi connectivity index (χ0n) is 15.4. The first kappa shape index (κ1) is 20.3. The van der Waals surface area contributed by atoms with Crippen molar-refractivity contribution < 1.29 is 17.9 Å². The fourth-order valence-electron chi connectivity index (χ4n) is 2.47. The van der Waals surface area contributed by atoms with Crippen LogP contribution in [0.15, 0.2) is 24.8 Å². The number of pyridine rings is 1. The summed E-state index contributed by atoms with van der Waals surface area (Å²) in [5.74, 6) is 0. The summed E-state index contributed by atoms with van der Waals surface area (Å²) < 4.78 is 33.4. The van der Waals surface area contributed by atoms with Crippen LogP contribution in [0, 0.1) is 0 Å². The Hall–Kier alpha value is -1.97. The minimum Gasteiger partial charge on any atom is -0.423 e. The highest BCUT2D eigenvalue weighted by atomic mass is 32.2. The number of aromatic nitrogens is 1. The van der Waals surface area contributed by atoms with E-state index in [1.165, 1.54) is 14.1 Å². The third-order valence-electron chi connectivity index (χ3n) is 4.05. The Morgan fingerprint density at radius 2 is 1.96 bits per heavy atom. The fraction of sp³-hybridized carbons (Fsp3) is 0.529. The average Bonchev–Trinajstić information content (AvgIpc) is 2.61. The minimum absolute atomic E-state index is 0.293. The van der Waals surface area contributed by atoms with Crippen LogP contribution in [0.3, 0.4) is 0 Å². The summed E-state index contributed by atoms with van der Waals surface area (Å²) in [5.41, 5.74) is 1.62. The van der Waals surface area contributed by atoms with Gasteiger partial charge in [0.05, 0.1) is 11.4 Å². The van der Waals surface area contributed by atoms with E-state index >= 15 is 0 Å². The molecule has 2 rings (SSSR count). The molecule has 1 amide bonds. The van der Waals surface area contributed by atoms with E-state index in [9.17, 15) is 13.2 Å². The molecule has 1 aromatic heterocycles. The number of ether oxygens (including phenoxy) is 1. The van der Waals surface area contributed by atoms with Crippen LogP contribution >= 0.6 is 0 Å². The van der Waals surface area contributed by atoms with Crippen molar-refractivity contribution in [2.24, 2.45) is 0 Å². The second kappa shape index (κ2) is 8.61. The molecule has 0 spiro atoms. The highest BCUT2D eigenvalue weighted by Gasteiger charge is 2.28. The zero-order chi connectivity index (χ0) is 19.3. The maximum absolute atomic E-state index is 12.5. The van der Waals surface area contributed by atoms with Gasteiger partial charge in [-0.3, -0.25) is 0 Å². The van der Waals surface area contributed by atoms with E-state index in [2.05, 4.69) is 16.3 Å². The van der Waals surface area contributed by atoms with Crippen molar-refractivity contribution in [3.05, 3.63) is 36.2 Å². The molecule has 0 radical (unpaired) electrons. The monoisotopic (exact) mass is 382 g/mol. The van der Waals surface area contributed by atoms with Gasteiger partial charge < -0.3 is 9.64 Å². The summed E-state index contributed by atoms with van der Waals surface area (Å²) in [6.45, 7) is 6.84. The van der Waals surface area contributed by atoms with Crippen LogP contribution in [-0.2, 0) is 14.9 Å². The predicted octanol–water partition coefficient (Wildman–Crippen LogP) is 2.13. The second-order valence-electron chi connectivity index (χ2n) is 6.44. The number of nitrogens with zero attached hydrogens (tertiary/aromatic N) is 3. The molecule has 1 unspecified atom stereocenters. The third kappa shape index (κ3) is 5.26. The van der Waals surface area contributed by atoms with Crippen LogP contribution in [0.2, 0.25) is 0 Å². The lowest BCUT2D eigenvalue weighted by molar-refractivity contribution is 0.0503. The van der Waals surface area contributed by atoms with Crippen LogP contribution in [0.1, 0.15) is 43.8 Å². The van der Waals surface area contributed by atoms with Gasteiger partial charge in [-0.25, -0.2) is 9.78 Å². The first-order chi connectivity index (χ1) is 12.2. The highest BCUT2D eigenvalue weighted by molar-refractivity contribution is 7.87. The van der Waals surface area contributed by atoms with Crippen molar-refractivity contribution in [3.8, 4) is 0 Å². The van der Waals surface area contributed by atoms with Crippen molar-refractivity contribution in [1.82, 2.24) is 18.9 Å². The second-order valence-corrected chi connectivity index (χ2v) is 8.36. The smallest absolute Gasteiger partial charge is 0.411 e. The van der Waals surface area contributed by atoms with Crippen LogP contribution in [0.4, 0.5) is 4.79 Å². The number of nitrogens with one attached hydrogen (secondary N) is 1. The molecule has 1 aliphatic rings. The van der Waals surface area contributed by atoms with Crippen molar-refractivity contribution in [2.45, 2.75) is 32.4 Å². The maximum atomic E-state index is 12.5. The Morgan fingerprint density at radius 1 is 1.31 bits per heavy atom. The molecule has 144 valence electrons. The number of hydrogen-bond donors (Lipinski definition) is 1. The predicted molar refractivity (Wildman–Crippen MR) is 99.3 cm³/mol. The summed E-state index contributed by atoms with van der Waals surface area (Å²) in [4.78, 5) is 18.4. The van der Waals surface area contributed by atoms with Gasteiger partial charge >= 0.3 is 6.09 Å². The Labute approximate surface area is 155 Å². The molecule has 1 saturated heterocycles. The Balaban J connectivity index is 2.28. The standard InChI is InChI=1S/C17H26N4O4S/c1-13(2)14-9-8-10-15(18-14)16(19-26(23,24)20(3)4)25-17(22)21-11-6-5-7-12-21/h8-10,16,19H,1,5-7,11-12H2,2-4H3. The molecule has 8 nitrogen and oxygen atoms in total. The molecule has 1 atom stereocenters. The number of hydrogen-bond acceptors (Lipinski definition) is 5. The number of piperidine rings is 1. The van der Waals surface area contributed by atoms with Gasteiger partial charge in [-0.2, -0.15) is 17.4 Å². The molecule has 0 saturated carbocycles. The number of likely N-dealkylation sites (tertiary alicyclic amines) is 1. The average molecular weight is 382 g/mol. The third-order valence-corrected chi connectivity index (χ3v) is 5.52. The molecule has 26 heavy (non-hydrogen) atoms. The van der Waals surface area contributed by atoms with Gasteiger partial charge in [0.25, 0.3) is 10.2 Å². The number of rotatable bonds is 6. The van der Waals surface area contributed by atoms with E-state index in [-0.39, 0.29) is 0 Å². The van der Waals surface area contributed by atoms with Gasteiger partial charge in [0.1, 0.15) is 0 Å². The molecule has 1 N–H and O–H groups in total. The van der Waals surface area contributed by atoms with E-state index in [0.29, 0.717) is 24.5 Å². The van der Waals surface area contributed by atoms with Crippen molar-refractivity contribution >= 4 is 21.9 Å². The first-order valence-electron chi connectivity index (χ1n) is 8.49. The minimum atomic E-state index is -3.83.